The Labute approximate surface area is 178 Å². The molecule has 5 heteroatoms. The van der Waals surface area contributed by atoms with E-state index in [2.05, 4.69) is 5.10 Å². The molecule has 0 aliphatic heterocycles. The lowest BCUT2D eigenvalue weighted by Crippen LogP contribution is -2.28. The molecule has 0 spiro atoms. The molecule has 30 heavy (non-hydrogen) atoms. The van der Waals surface area contributed by atoms with Crippen molar-refractivity contribution in [3.05, 3.63) is 91.0 Å². The third-order valence-electron chi connectivity index (χ3n) is 4.67. The summed E-state index contributed by atoms with van der Waals surface area (Å²) in [6.07, 6.45) is 0. The first kappa shape index (κ1) is 21.4. The molecule has 0 heterocycles. The van der Waals surface area contributed by atoms with Crippen molar-refractivity contribution in [2.45, 2.75) is 20.8 Å². The maximum Gasteiger partial charge on any atom is 0.206 e. The van der Waals surface area contributed by atoms with Gasteiger partial charge in [0.25, 0.3) is 0 Å². The van der Waals surface area contributed by atoms with Gasteiger partial charge in [0.15, 0.2) is 5.78 Å². The molecule has 3 aromatic carbocycles. The monoisotopic (exact) mass is 413 g/mol. The number of nitriles is 1. The van der Waals surface area contributed by atoms with Crippen molar-refractivity contribution in [3.63, 3.8) is 0 Å². The minimum Gasteiger partial charge on any atom is -0.291 e. The largest absolute Gasteiger partial charge is 0.291 e. The average Bonchev–Trinajstić information content (AvgIpc) is 2.78. The average molecular weight is 413 g/mol. The Balaban J connectivity index is 2.40. The molecule has 0 radical (unpaired) electrons. The molecule has 0 atom stereocenters. The van der Waals surface area contributed by atoms with Crippen LogP contribution in [0.5, 0.6) is 0 Å². The second kappa shape index (κ2) is 9.03. The van der Waals surface area contributed by atoms with Crippen LogP contribution in [0.4, 0.5) is 0 Å². The van der Waals surface area contributed by atoms with Crippen LogP contribution in [0.1, 0.15) is 20.8 Å². The Morgan fingerprint density at radius 3 is 1.43 bits per heavy atom. The van der Waals surface area contributed by atoms with E-state index in [0.29, 0.717) is 0 Å². The molecule has 4 nitrogen and oxygen atoms in total. The first-order valence-electron chi connectivity index (χ1n) is 9.70. The maximum atomic E-state index is 12.7. The normalized spacial score (nSPS) is 12.1. The quantitative estimate of drug-likeness (QED) is 0.347. The number of hydrogen-bond acceptors (Lipinski definition) is 3. The zero-order valence-electron chi connectivity index (χ0n) is 17.4. The van der Waals surface area contributed by atoms with E-state index < -0.39 is 12.5 Å². The van der Waals surface area contributed by atoms with Gasteiger partial charge in [-0.05, 0) is 0 Å². The minimum atomic E-state index is -2.58. The lowest BCUT2D eigenvalue weighted by atomic mass is 9.88. The second-order valence-electron chi connectivity index (χ2n) is 7.87. The van der Waals surface area contributed by atoms with Crippen LogP contribution >= 0.6 is 7.05 Å². The van der Waals surface area contributed by atoms with Crippen LogP contribution < -0.4 is 15.9 Å². The molecular formula is C25H24N3OP. The predicted octanol–water partition coefficient (Wildman–Crippen LogP) is 4.66. The first-order chi connectivity index (χ1) is 14.4. The Hall–Kier alpha value is -3.28. The van der Waals surface area contributed by atoms with Gasteiger partial charge < -0.3 is 0 Å². The number of ketones is 1. The van der Waals surface area contributed by atoms with E-state index in [1.165, 1.54) is 0 Å². The zero-order valence-corrected chi connectivity index (χ0v) is 18.3. The van der Waals surface area contributed by atoms with Crippen LogP contribution in [0.2, 0.25) is 0 Å². The fourth-order valence-electron chi connectivity index (χ4n) is 3.12. The van der Waals surface area contributed by atoms with Crippen LogP contribution in [-0.4, -0.2) is 11.5 Å². The summed E-state index contributed by atoms with van der Waals surface area (Å²) in [7, 11) is -2.58. The zero-order chi connectivity index (χ0) is 21.6. The highest BCUT2D eigenvalue weighted by atomic mass is 31.2. The van der Waals surface area contributed by atoms with Crippen LogP contribution in [0, 0.1) is 16.7 Å². The highest BCUT2D eigenvalue weighted by Gasteiger charge is 2.30. The SMILES string of the molecule is CC(C)(C)C(=O)/C(C#N)=N/N=P(c1ccccc1)(c1ccccc1)c1ccccc1. The molecule has 0 aromatic heterocycles. The van der Waals surface area contributed by atoms with E-state index in [0.717, 1.165) is 15.9 Å². The van der Waals surface area contributed by atoms with Gasteiger partial charge in [-0.1, -0.05) is 112 Å². The summed E-state index contributed by atoms with van der Waals surface area (Å²) in [5.74, 6) is -0.318. The van der Waals surface area contributed by atoms with Crippen LogP contribution in [-0.2, 0) is 4.79 Å². The van der Waals surface area contributed by atoms with E-state index in [1.807, 2.05) is 97.1 Å². The van der Waals surface area contributed by atoms with Gasteiger partial charge in [0.2, 0.25) is 5.71 Å². The summed E-state index contributed by atoms with van der Waals surface area (Å²) in [4.78, 5) is 17.5. The molecule has 0 saturated heterocycles. The fourth-order valence-corrected chi connectivity index (χ4v) is 6.36. The predicted molar refractivity (Wildman–Crippen MR) is 125 cm³/mol. The molecule has 150 valence electrons. The number of nitrogens with zero attached hydrogens (tertiary/aromatic N) is 3. The number of carbonyl (C=O) groups is 1. The summed E-state index contributed by atoms with van der Waals surface area (Å²) in [6, 6.07) is 31.9. The third kappa shape index (κ3) is 4.32. The molecule has 0 saturated carbocycles. The summed E-state index contributed by atoms with van der Waals surface area (Å²) in [6.45, 7) is 5.32. The lowest BCUT2D eigenvalue weighted by Gasteiger charge is -2.25. The molecule has 0 N–H and O–H groups in total. The van der Waals surface area contributed by atoms with E-state index >= 15 is 0 Å². The van der Waals surface area contributed by atoms with Gasteiger partial charge in [0.1, 0.15) is 6.07 Å². The van der Waals surface area contributed by atoms with Gasteiger partial charge in [-0.3, -0.25) is 4.79 Å². The van der Waals surface area contributed by atoms with E-state index in [9.17, 15) is 10.1 Å². The van der Waals surface area contributed by atoms with Crippen molar-refractivity contribution in [2.24, 2.45) is 15.4 Å². The smallest absolute Gasteiger partial charge is 0.206 e. The lowest BCUT2D eigenvalue weighted by molar-refractivity contribution is -0.119. The van der Waals surface area contributed by atoms with E-state index in [1.54, 1.807) is 20.8 Å². The van der Waals surface area contributed by atoms with Gasteiger partial charge in [0, 0.05) is 21.3 Å². The van der Waals surface area contributed by atoms with Crippen molar-refractivity contribution in [3.8, 4) is 6.07 Å². The van der Waals surface area contributed by atoms with Gasteiger partial charge in [0.05, 0.1) is 7.05 Å². The number of Topliss-reactive ketones (excluding diaryl/α,β-unsaturated/α-hetero) is 1. The molecule has 0 fully saturated rings. The van der Waals surface area contributed by atoms with Crippen molar-refractivity contribution < 1.29 is 4.79 Å². The number of rotatable bonds is 5. The highest BCUT2D eigenvalue weighted by molar-refractivity contribution is 7.87. The minimum absolute atomic E-state index is 0.172. The summed E-state index contributed by atoms with van der Waals surface area (Å²) in [5, 5.41) is 16.9. The highest BCUT2D eigenvalue weighted by Crippen LogP contribution is 2.46. The van der Waals surface area contributed by atoms with Gasteiger partial charge in [-0.25, -0.2) is 0 Å². The summed E-state index contributed by atoms with van der Waals surface area (Å²) in [5.41, 5.74) is -0.882. The van der Waals surface area contributed by atoms with Crippen LogP contribution in [0.15, 0.2) is 101 Å². The Morgan fingerprint density at radius 1 is 0.767 bits per heavy atom. The Morgan fingerprint density at radius 2 is 1.13 bits per heavy atom. The topological polar surface area (TPSA) is 65.6 Å². The number of benzene rings is 3. The van der Waals surface area contributed by atoms with Crippen LogP contribution in [0.25, 0.3) is 0 Å². The van der Waals surface area contributed by atoms with Crippen LogP contribution in [0.3, 0.4) is 0 Å². The van der Waals surface area contributed by atoms with Gasteiger partial charge >= 0.3 is 0 Å². The van der Waals surface area contributed by atoms with Crippen molar-refractivity contribution in [1.29, 1.82) is 5.26 Å². The Bertz CT molecular complexity index is 1040. The molecule has 0 amide bonds. The van der Waals surface area contributed by atoms with Gasteiger partial charge in [-0.15, -0.1) is 5.10 Å². The van der Waals surface area contributed by atoms with Crippen molar-refractivity contribution >= 4 is 34.5 Å². The fraction of sp³-hybridized carbons (Fsp3) is 0.160. The molecular weight excluding hydrogens is 389 g/mol. The molecule has 3 rings (SSSR count). The van der Waals surface area contributed by atoms with E-state index in [4.69, 9.17) is 4.85 Å². The van der Waals surface area contributed by atoms with Crippen molar-refractivity contribution in [2.75, 3.05) is 0 Å². The summed E-state index contributed by atoms with van der Waals surface area (Å²) < 4.78 is 0. The molecule has 0 unspecified atom stereocenters. The molecule has 0 aliphatic carbocycles. The van der Waals surface area contributed by atoms with Gasteiger partial charge in [-0.2, -0.15) is 10.1 Å². The first-order valence-corrected chi connectivity index (χ1v) is 11.4. The summed E-state index contributed by atoms with van der Waals surface area (Å²) >= 11 is 0. The maximum absolute atomic E-state index is 12.7. The number of carbonyl (C=O) groups excluding carboxylic acids is 1. The second-order valence-corrected chi connectivity index (χ2v) is 10.9. The third-order valence-corrected chi connectivity index (χ3v) is 8.16. The van der Waals surface area contributed by atoms with Crippen molar-refractivity contribution in [1.82, 2.24) is 0 Å². The molecule has 0 bridgehead atoms. The Kier molecular flexibility index (Phi) is 6.45. The standard InChI is InChI=1S/C25H24N3OP/c1-25(2,3)24(29)23(19-26)27-28-30(20-13-7-4-8-14-20,21-15-9-5-10-16-21)22-17-11-6-12-18-22/h4-18H,1-3H3/b27-23+. The number of hydrogen-bond donors (Lipinski definition) is 0. The molecule has 0 aliphatic rings. The van der Waals surface area contributed by atoms with E-state index in [-0.39, 0.29) is 11.5 Å². The molecule has 3 aromatic rings.